The number of amides is 2. The number of imidazole rings is 1. The van der Waals surface area contributed by atoms with Crippen LogP contribution in [-0.4, -0.2) is 52.4 Å². The van der Waals surface area contributed by atoms with Gasteiger partial charge in [-0.2, -0.15) is 0 Å². The molecule has 0 aliphatic carbocycles. The largest absolute Gasteiger partial charge is 0.573 e. The lowest BCUT2D eigenvalue weighted by molar-refractivity contribution is -0.274. The fraction of sp³-hybridized carbons (Fsp3) is 0.375. The zero-order chi connectivity index (χ0) is 26.1. The minimum absolute atomic E-state index is 0.100. The summed E-state index contributed by atoms with van der Waals surface area (Å²) >= 11 is 0. The first-order chi connectivity index (χ1) is 17.0. The van der Waals surface area contributed by atoms with E-state index in [-0.39, 0.29) is 30.8 Å². The highest BCUT2D eigenvalue weighted by atomic mass is 19.4. The van der Waals surface area contributed by atoms with Gasteiger partial charge in [-0.25, -0.2) is 9.78 Å². The van der Waals surface area contributed by atoms with Crippen LogP contribution < -0.4 is 14.8 Å². The number of fused-ring (bicyclic) bond motifs is 2. The highest BCUT2D eigenvalue weighted by molar-refractivity contribution is 5.98. The normalized spacial score (nSPS) is 14.0. The molecule has 2 aromatic heterocycles. The minimum Gasteiger partial charge on any atom is -0.491 e. The fourth-order valence-electron chi connectivity index (χ4n) is 4.05. The van der Waals surface area contributed by atoms with Crippen molar-refractivity contribution in [2.45, 2.75) is 39.2 Å². The van der Waals surface area contributed by atoms with E-state index in [2.05, 4.69) is 15.0 Å². The number of carbonyl (C=O) groups excluding carboxylic acids is 2. The third-order valence-electron chi connectivity index (χ3n) is 5.58. The van der Waals surface area contributed by atoms with Crippen molar-refractivity contribution in [2.75, 3.05) is 19.8 Å². The molecule has 3 heterocycles. The van der Waals surface area contributed by atoms with Crippen LogP contribution in [0.2, 0.25) is 0 Å². The molecule has 4 rings (SSSR count). The van der Waals surface area contributed by atoms with Crippen LogP contribution in [-0.2, 0) is 16.8 Å². The summed E-state index contributed by atoms with van der Waals surface area (Å²) in [7, 11) is 0. The molecule has 0 spiro atoms. The Balaban J connectivity index is 1.60. The van der Waals surface area contributed by atoms with Gasteiger partial charge >= 0.3 is 12.5 Å². The average Bonchev–Trinajstić information content (AvgIpc) is 3.12. The highest BCUT2D eigenvalue weighted by Crippen LogP contribution is 2.32. The average molecular weight is 506 g/mol. The van der Waals surface area contributed by atoms with Crippen LogP contribution in [0, 0.1) is 0 Å². The van der Waals surface area contributed by atoms with Crippen LogP contribution in [0.1, 0.15) is 42.5 Å². The number of para-hydroxylation sites is 1. The molecule has 1 N–H and O–H groups in total. The molecular weight excluding hydrogens is 481 g/mol. The number of ether oxygens (including phenoxy) is 3. The number of aromatic nitrogens is 2. The summed E-state index contributed by atoms with van der Waals surface area (Å²) in [5.41, 5.74) is -0.0901. The summed E-state index contributed by atoms with van der Waals surface area (Å²) in [6.07, 6.45) is -2.53. The molecule has 192 valence electrons. The van der Waals surface area contributed by atoms with Gasteiger partial charge in [-0.05, 0) is 39.0 Å². The molecule has 0 atom stereocenters. The van der Waals surface area contributed by atoms with Crippen LogP contribution in [0.25, 0.3) is 5.52 Å². The van der Waals surface area contributed by atoms with Crippen LogP contribution in [0.4, 0.5) is 18.0 Å². The summed E-state index contributed by atoms with van der Waals surface area (Å²) < 4.78 is 54.8. The van der Waals surface area contributed by atoms with E-state index in [4.69, 9.17) is 9.47 Å². The number of pyridine rings is 1. The van der Waals surface area contributed by atoms with Crippen molar-refractivity contribution >= 4 is 17.5 Å². The maximum absolute atomic E-state index is 13.3. The zero-order valence-corrected chi connectivity index (χ0v) is 19.9. The van der Waals surface area contributed by atoms with E-state index in [0.29, 0.717) is 23.7 Å². The van der Waals surface area contributed by atoms with Gasteiger partial charge in [0.15, 0.2) is 5.75 Å². The summed E-state index contributed by atoms with van der Waals surface area (Å²) in [5.74, 6) is -0.221. The van der Waals surface area contributed by atoms with Gasteiger partial charge in [-0.3, -0.25) is 9.20 Å². The van der Waals surface area contributed by atoms with Crippen LogP contribution in [0.15, 0.2) is 42.7 Å². The first-order valence-electron chi connectivity index (χ1n) is 11.2. The molecule has 3 aromatic rings. The second kappa shape index (κ2) is 9.59. The Bertz CT molecular complexity index is 1290. The third kappa shape index (κ3) is 5.16. The smallest absolute Gasteiger partial charge is 0.491 e. The molecule has 2 amide bonds. The first kappa shape index (κ1) is 25.1. The van der Waals surface area contributed by atoms with E-state index in [1.54, 1.807) is 39.0 Å². The Morgan fingerprint density at radius 1 is 1.19 bits per heavy atom. The van der Waals surface area contributed by atoms with Crippen LogP contribution in [0.3, 0.4) is 0 Å². The Labute approximate surface area is 204 Å². The first-order valence-corrected chi connectivity index (χ1v) is 11.2. The van der Waals surface area contributed by atoms with E-state index >= 15 is 0 Å². The van der Waals surface area contributed by atoms with Gasteiger partial charge in [0.1, 0.15) is 23.7 Å². The third-order valence-corrected chi connectivity index (χ3v) is 5.58. The maximum atomic E-state index is 13.3. The van der Waals surface area contributed by atoms with Crippen molar-refractivity contribution in [3.63, 3.8) is 0 Å². The van der Waals surface area contributed by atoms with Gasteiger partial charge in [0.2, 0.25) is 0 Å². The number of alkyl halides is 3. The van der Waals surface area contributed by atoms with Gasteiger partial charge in [0.05, 0.1) is 37.0 Å². The second-order valence-corrected chi connectivity index (χ2v) is 8.60. The summed E-state index contributed by atoms with van der Waals surface area (Å²) in [5, 5.41) is 2.89. The molecule has 1 aliphatic rings. The number of hydrogen-bond acceptors (Lipinski definition) is 6. The summed E-state index contributed by atoms with van der Waals surface area (Å²) in [6.45, 7) is 6.01. The Morgan fingerprint density at radius 3 is 2.69 bits per heavy atom. The molecule has 1 aliphatic heterocycles. The number of carbonyl (C=O) groups is 2. The molecule has 0 saturated heterocycles. The van der Waals surface area contributed by atoms with Gasteiger partial charge in [0.25, 0.3) is 5.91 Å². The van der Waals surface area contributed by atoms with Crippen LogP contribution >= 0.6 is 0 Å². The molecular formula is C24H25F3N4O5. The quantitative estimate of drug-likeness (QED) is 0.556. The predicted molar refractivity (Wildman–Crippen MR) is 122 cm³/mol. The van der Waals surface area contributed by atoms with E-state index < -0.39 is 29.7 Å². The molecule has 0 fully saturated rings. The second-order valence-electron chi connectivity index (χ2n) is 8.60. The van der Waals surface area contributed by atoms with Crippen molar-refractivity contribution in [1.29, 1.82) is 0 Å². The van der Waals surface area contributed by atoms with Crippen molar-refractivity contribution < 1.29 is 37.0 Å². The Kier molecular flexibility index (Phi) is 6.70. The Morgan fingerprint density at radius 2 is 1.97 bits per heavy atom. The number of nitrogens with zero attached hydrogens (tertiary/aromatic N) is 3. The highest BCUT2D eigenvalue weighted by Gasteiger charge is 2.34. The number of rotatable bonds is 5. The standard InChI is InChI=1S/C24H25F3N4O5/c1-4-34-22(33)30-11-12-35-19-15(14-30)7-5-8-16(19)20(32)29-23(2,3)21-28-13-17-18(36-24(25,26)27)9-6-10-31(17)21/h5-10,13H,4,11-12,14H2,1-3H3,(H,29,32). The molecule has 0 unspecified atom stereocenters. The molecule has 0 radical (unpaired) electrons. The van der Waals surface area contributed by atoms with Gasteiger partial charge in [0, 0.05) is 11.8 Å². The predicted octanol–water partition coefficient (Wildman–Crippen LogP) is 4.25. The summed E-state index contributed by atoms with van der Waals surface area (Å²) in [4.78, 5) is 31.3. The molecule has 12 heteroatoms. The molecule has 36 heavy (non-hydrogen) atoms. The SMILES string of the molecule is CCOC(=O)N1CCOc2c(cccc2C(=O)NC(C)(C)c2ncc3c(OC(F)(F)F)cccn23)C1. The lowest BCUT2D eigenvalue weighted by Crippen LogP contribution is -2.42. The molecule has 9 nitrogen and oxygen atoms in total. The lowest BCUT2D eigenvalue weighted by atomic mass is 10.0. The number of nitrogens with one attached hydrogen (secondary N) is 1. The number of benzene rings is 1. The van der Waals surface area contributed by atoms with Crippen molar-refractivity contribution in [2.24, 2.45) is 0 Å². The van der Waals surface area contributed by atoms with Crippen LogP contribution in [0.5, 0.6) is 11.5 Å². The number of hydrogen-bond donors (Lipinski definition) is 1. The monoisotopic (exact) mass is 506 g/mol. The van der Waals surface area contributed by atoms with Crippen molar-refractivity contribution in [3.8, 4) is 11.5 Å². The van der Waals surface area contributed by atoms with E-state index in [1.165, 1.54) is 33.8 Å². The van der Waals surface area contributed by atoms with E-state index in [1.807, 2.05) is 0 Å². The van der Waals surface area contributed by atoms with E-state index in [9.17, 15) is 22.8 Å². The van der Waals surface area contributed by atoms with Gasteiger partial charge in [-0.1, -0.05) is 12.1 Å². The Hall–Kier alpha value is -3.96. The molecule has 0 saturated carbocycles. The van der Waals surface area contributed by atoms with Gasteiger partial charge < -0.3 is 24.4 Å². The lowest BCUT2D eigenvalue weighted by Gasteiger charge is -2.26. The van der Waals surface area contributed by atoms with E-state index in [0.717, 1.165) is 0 Å². The minimum atomic E-state index is -4.86. The van der Waals surface area contributed by atoms with Crippen molar-refractivity contribution in [1.82, 2.24) is 19.6 Å². The zero-order valence-electron chi connectivity index (χ0n) is 19.9. The summed E-state index contributed by atoms with van der Waals surface area (Å²) in [6, 6.07) is 7.64. The maximum Gasteiger partial charge on any atom is 0.573 e. The molecule has 1 aromatic carbocycles. The molecule has 0 bridgehead atoms. The van der Waals surface area contributed by atoms with Gasteiger partial charge in [-0.15, -0.1) is 13.2 Å². The topological polar surface area (TPSA) is 94.4 Å². The van der Waals surface area contributed by atoms with Crippen molar-refractivity contribution in [3.05, 3.63) is 59.7 Å². The number of halogens is 3. The fourth-order valence-corrected chi connectivity index (χ4v) is 4.05.